The Morgan fingerprint density at radius 1 is 0.721 bits per heavy atom. The van der Waals surface area contributed by atoms with Crippen molar-refractivity contribution in [2.45, 2.75) is 128 Å². The number of aliphatic carboxylic acids is 1. The Kier molecular flexibility index (Phi) is 27.1. The lowest BCUT2D eigenvalue weighted by molar-refractivity contribution is -0.889. The van der Waals surface area contributed by atoms with Crippen molar-refractivity contribution in [3.05, 3.63) is 48.6 Å². The molecule has 0 fully saturated rings. The second-order valence-electron chi connectivity index (χ2n) is 12.2. The molecule has 43 heavy (non-hydrogen) atoms. The van der Waals surface area contributed by atoms with Crippen LogP contribution in [0.3, 0.4) is 0 Å². The Morgan fingerprint density at radius 2 is 1.21 bits per heavy atom. The zero-order chi connectivity index (χ0) is 32.0. The number of hydrogen-bond donors (Lipinski definition) is 1. The van der Waals surface area contributed by atoms with Gasteiger partial charge in [0.1, 0.15) is 18.8 Å². The van der Waals surface area contributed by atoms with Gasteiger partial charge in [-0.1, -0.05) is 107 Å². The van der Waals surface area contributed by atoms with Crippen LogP contribution in [0.5, 0.6) is 0 Å². The van der Waals surface area contributed by atoms with Gasteiger partial charge in [-0.3, -0.25) is 4.79 Å². The van der Waals surface area contributed by atoms with Crippen molar-refractivity contribution in [1.29, 1.82) is 0 Å². The van der Waals surface area contributed by atoms with Gasteiger partial charge in [-0.05, 0) is 44.9 Å². The van der Waals surface area contributed by atoms with Gasteiger partial charge in [0, 0.05) is 12.8 Å². The number of carboxylic acids is 1. The van der Waals surface area contributed by atoms with Crippen LogP contribution in [0.2, 0.25) is 0 Å². The maximum Gasteiger partial charge on any atom is 0.305 e. The summed E-state index contributed by atoms with van der Waals surface area (Å²) in [6.07, 6.45) is 34.9. The summed E-state index contributed by atoms with van der Waals surface area (Å²) in [5.41, 5.74) is 0. The second kappa shape index (κ2) is 28.5. The molecule has 0 bridgehead atoms. The van der Waals surface area contributed by atoms with E-state index in [1.54, 1.807) is 21.1 Å². The summed E-state index contributed by atoms with van der Waals surface area (Å²) in [5.74, 6) is -1.42. The van der Waals surface area contributed by atoms with Gasteiger partial charge in [0.2, 0.25) is 0 Å². The first-order valence-corrected chi connectivity index (χ1v) is 16.7. The Morgan fingerprint density at radius 3 is 1.72 bits per heavy atom. The van der Waals surface area contributed by atoms with Crippen molar-refractivity contribution in [2.24, 2.45) is 0 Å². The van der Waals surface area contributed by atoms with Crippen molar-refractivity contribution < 1.29 is 33.8 Å². The number of hydrogen-bond acceptors (Lipinski definition) is 6. The van der Waals surface area contributed by atoms with E-state index in [1.165, 1.54) is 51.4 Å². The number of carbonyl (C=O) groups is 2. The number of esters is 1. The third-order valence-electron chi connectivity index (χ3n) is 7.21. The van der Waals surface area contributed by atoms with Crippen LogP contribution >= 0.6 is 0 Å². The van der Waals surface area contributed by atoms with E-state index in [9.17, 15) is 19.8 Å². The van der Waals surface area contributed by atoms with Gasteiger partial charge in [0.15, 0.2) is 0 Å². The van der Waals surface area contributed by atoms with E-state index in [-0.39, 0.29) is 36.7 Å². The summed E-state index contributed by atoms with van der Waals surface area (Å²) < 4.78 is 10.7. The zero-order valence-electron chi connectivity index (χ0n) is 27.9. The molecule has 0 aromatic carbocycles. The standard InChI is InChI=1S/C36H63NO6/c1-5-6-7-8-9-10-11-12-13-14-15-16-17-18-19-20-21-22-23-24-25-26-27-28-35(39)43-32-33(38)31-42-30-29-34(36(40)41)37(2,3)4/h6-7,9-10,12-13,15-16,33-34,38H,5,8,11,14,17-32H2,1-4H3/b7-6+,10-9+,13-12+,16-15+. The zero-order valence-corrected chi connectivity index (χ0v) is 27.9. The molecule has 0 aliphatic heterocycles. The highest BCUT2D eigenvalue weighted by Crippen LogP contribution is 2.13. The van der Waals surface area contributed by atoms with Gasteiger partial charge in [-0.25, -0.2) is 0 Å². The number of nitrogens with zero attached hydrogens (tertiary/aromatic N) is 1. The molecular weight excluding hydrogens is 542 g/mol. The number of likely N-dealkylation sites (N-methyl/N-ethyl adjacent to an activating group) is 1. The van der Waals surface area contributed by atoms with E-state index in [4.69, 9.17) is 9.47 Å². The smallest absolute Gasteiger partial charge is 0.305 e. The Bertz CT molecular complexity index is 796. The van der Waals surface area contributed by atoms with Crippen molar-refractivity contribution in [2.75, 3.05) is 41.0 Å². The largest absolute Gasteiger partial charge is 0.544 e. The molecule has 0 rings (SSSR count). The number of carbonyl (C=O) groups excluding carboxylic acids is 2. The number of unbranched alkanes of at least 4 members (excludes halogenated alkanes) is 10. The normalized spacial score (nSPS) is 14.0. The van der Waals surface area contributed by atoms with Crippen molar-refractivity contribution in [3.8, 4) is 0 Å². The summed E-state index contributed by atoms with van der Waals surface area (Å²) in [6, 6.07) is -0.688. The molecule has 1 N–H and O–H groups in total. The molecule has 248 valence electrons. The monoisotopic (exact) mass is 605 g/mol. The first-order valence-electron chi connectivity index (χ1n) is 16.7. The van der Waals surface area contributed by atoms with Crippen LogP contribution in [-0.2, 0) is 19.1 Å². The van der Waals surface area contributed by atoms with Crippen molar-refractivity contribution in [1.82, 2.24) is 0 Å². The molecule has 0 aliphatic rings. The van der Waals surface area contributed by atoms with Gasteiger partial charge >= 0.3 is 5.97 Å². The van der Waals surface area contributed by atoms with Crippen LogP contribution in [0.1, 0.15) is 116 Å². The van der Waals surface area contributed by atoms with E-state index in [1.807, 2.05) is 0 Å². The molecule has 0 aromatic heterocycles. The van der Waals surface area contributed by atoms with E-state index >= 15 is 0 Å². The molecule has 0 saturated heterocycles. The average Bonchev–Trinajstić information content (AvgIpc) is 2.95. The molecule has 0 aromatic rings. The second-order valence-corrected chi connectivity index (χ2v) is 12.2. The first-order chi connectivity index (χ1) is 20.7. The number of rotatable bonds is 29. The predicted molar refractivity (Wildman–Crippen MR) is 175 cm³/mol. The molecule has 0 radical (unpaired) electrons. The predicted octanol–water partition coefficient (Wildman–Crippen LogP) is 6.61. The molecule has 0 saturated carbocycles. The summed E-state index contributed by atoms with van der Waals surface area (Å²) in [4.78, 5) is 23.2. The molecule has 2 unspecified atom stereocenters. The third kappa shape index (κ3) is 28.3. The fourth-order valence-electron chi connectivity index (χ4n) is 4.59. The quantitative estimate of drug-likeness (QED) is 0.0446. The van der Waals surface area contributed by atoms with Crippen LogP contribution in [0.4, 0.5) is 0 Å². The minimum atomic E-state index is -1.12. The Hall–Kier alpha value is -2.22. The highest BCUT2D eigenvalue weighted by atomic mass is 16.5. The maximum atomic E-state index is 11.9. The van der Waals surface area contributed by atoms with Gasteiger partial charge in [0.05, 0.1) is 40.3 Å². The van der Waals surface area contributed by atoms with Gasteiger partial charge in [0.25, 0.3) is 0 Å². The van der Waals surface area contributed by atoms with Gasteiger partial charge < -0.3 is 29.0 Å². The molecule has 2 atom stereocenters. The van der Waals surface area contributed by atoms with Gasteiger partial charge in [-0.15, -0.1) is 0 Å². The van der Waals surface area contributed by atoms with Crippen molar-refractivity contribution in [3.63, 3.8) is 0 Å². The lowest BCUT2D eigenvalue weighted by Gasteiger charge is -2.34. The molecule has 0 heterocycles. The number of carboxylic acid groups (broad SMARTS) is 1. The van der Waals surface area contributed by atoms with E-state index < -0.39 is 18.1 Å². The summed E-state index contributed by atoms with van der Waals surface area (Å²) >= 11 is 0. The van der Waals surface area contributed by atoms with Crippen LogP contribution in [0.15, 0.2) is 48.6 Å². The summed E-state index contributed by atoms with van der Waals surface area (Å²) in [6.45, 7) is 2.23. The van der Waals surface area contributed by atoms with E-state index in [0.717, 1.165) is 44.9 Å². The number of aliphatic hydroxyl groups excluding tert-OH is 1. The first kappa shape index (κ1) is 40.8. The number of quaternary nitrogens is 1. The van der Waals surface area contributed by atoms with Crippen LogP contribution in [0.25, 0.3) is 0 Å². The number of allylic oxidation sites excluding steroid dienone is 8. The Balaban J connectivity index is 3.50. The van der Waals surface area contributed by atoms with E-state index in [2.05, 4.69) is 55.5 Å². The van der Waals surface area contributed by atoms with Crippen LogP contribution in [0, 0.1) is 0 Å². The van der Waals surface area contributed by atoms with Crippen LogP contribution in [-0.4, -0.2) is 74.6 Å². The molecular formula is C36H63NO6. The maximum absolute atomic E-state index is 11.9. The Labute approximate surface area is 263 Å². The minimum absolute atomic E-state index is 0.00449. The average molecular weight is 606 g/mol. The highest BCUT2D eigenvalue weighted by molar-refractivity contribution is 5.69. The molecule has 7 heteroatoms. The fraction of sp³-hybridized carbons (Fsp3) is 0.722. The van der Waals surface area contributed by atoms with Crippen molar-refractivity contribution >= 4 is 11.9 Å². The molecule has 0 aliphatic carbocycles. The SMILES string of the molecule is CC/C=C/C/C=C/C/C=C/C/C=C/CCCCCCCCCCCCC(=O)OCC(O)COCCC(C(=O)[O-])[N+](C)(C)C. The molecule has 0 spiro atoms. The minimum Gasteiger partial charge on any atom is -0.544 e. The lowest BCUT2D eigenvalue weighted by atomic mass is 10.1. The number of ether oxygens (including phenoxy) is 2. The fourth-order valence-corrected chi connectivity index (χ4v) is 4.59. The topological polar surface area (TPSA) is 95.9 Å². The van der Waals surface area contributed by atoms with E-state index in [0.29, 0.717) is 6.42 Å². The lowest BCUT2D eigenvalue weighted by Crippen LogP contribution is -2.55. The highest BCUT2D eigenvalue weighted by Gasteiger charge is 2.24. The molecule has 0 amide bonds. The number of aliphatic hydroxyl groups is 1. The van der Waals surface area contributed by atoms with Gasteiger partial charge in [-0.2, -0.15) is 0 Å². The summed E-state index contributed by atoms with van der Waals surface area (Å²) in [7, 11) is 5.35. The van der Waals surface area contributed by atoms with Crippen LogP contribution < -0.4 is 5.11 Å². The molecule has 7 nitrogen and oxygen atoms in total. The third-order valence-corrected chi connectivity index (χ3v) is 7.21. The summed E-state index contributed by atoms with van der Waals surface area (Å²) in [5, 5.41) is 21.2.